The second kappa shape index (κ2) is 7.56. The predicted molar refractivity (Wildman–Crippen MR) is 111 cm³/mol. The maximum absolute atomic E-state index is 12.5. The molecule has 0 bridgehead atoms. The van der Waals surface area contributed by atoms with E-state index in [1.807, 2.05) is 0 Å². The number of nitrogens with zero attached hydrogens (tertiary/aromatic N) is 3. The molecule has 2 aliphatic heterocycles. The molecule has 0 saturated carbocycles. The molecule has 32 heavy (non-hydrogen) atoms. The lowest BCUT2D eigenvalue weighted by Crippen LogP contribution is -2.33. The van der Waals surface area contributed by atoms with Gasteiger partial charge in [-0.05, 0) is 38.1 Å². The summed E-state index contributed by atoms with van der Waals surface area (Å²) in [6.07, 6.45) is 5.85. The number of esters is 1. The molecule has 0 aliphatic carbocycles. The number of imidazole rings is 1. The molecule has 164 valence electrons. The van der Waals surface area contributed by atoms with Crippen LogP contribution < -0.4 is 5.56 Å². The van der Waals surface area contributed by atoms with E-state index >= 15 is 0 Å². The standard InChI is InChI=1S/C22H20N4O6/c1-4-12-5-7-13(8-6-12)21(28)29-9-14-16-17(32-22(2,3)31-16)20(30-14)26-11-25-15-18(26)23-10-24-19(15)27/h1,5-8,10-11,14,16-17,20H,9H2,2-3H3,(H,23,24,27)/t14-,16-,17-,20-/m1/s1. The van der Waals surface area contributed by atoms with Crippen molar-refractivity contribution in [1.82, 2.24) is 19.5 Å². The fourth-order valence-electron chi connectivity index (χ4n) is 4.01. The minimum absolute atomic E-state index is 0.0481. The van der Waals surface area contributed by atoms with Crippen LogP contribution in [0.15, 0.2) is 41.7 Å². The van der Waals surface area contributed by atoms with Gasteiger partial charge in [0.2, 0.25) is 0 Å². The molecular weight excluding hydrogens is 416 g/mol. The first-order valence-corrected chi connectivity index (χ1v) is 10.0. The monoisotopic (exact) mass is 436 g/mol. The Hall–Kier alpha value is -3.52. The van der Waals surface area contributed by atoms with Crippen molar-refractivity contribution in [3.63, 3.8) is 0 Å². The topological polar surface area (TPSA) is 118 Å². The van der Waals surface area contributed by atoms with Gasteiger partial charge in [0.05, 0.1) is 18.2 Å². The highest BCUT2D eigenvalue weighted by Crippen LogP contribution is 2.43. The molecule has 10 heteroatoms. The second-order valence-electron chi connectivity index (χ2n) is 8.01. The van der Waals surface area contributed by atoms with Gasteiger partial charge in [-0.15, -0.1) is 6.42 Å². The fraction of sp³-hybridized carbons (Fsp3) is 0.364. The summed E-state index contributed by atoms with van der Waals surface area (Å²) in [5, 5.41) is 0. The van der Waals surface area contributed by atoms with Crippen LogP contribution >= 0.6 is 0 Å². The first-order valence-electron chi connectivity index (χ1n) is 10.0. The number of carbonyl (C=O) groups is 1. The Morgan fingerprint density at radius 1 is 1.25 bits per heavy atom. The number of aromatic amines is 1. The van der Waals surface area contributed by atoms with E-state index in [0.29, 0.717) is 16.8 Å². The van der Waals surface area contributed by atoms with Crippen LogP contribution in [-0.2, 0) is 18.9 Å². The fourth-order valence-corrected chi connectivity index (χ4v) is 4.01. The zero-order valence-corrected chi connectivity index (χ0v) is 17.3. The van der Waals surface area contributed by atoms with Gasteiger partial charge in [0.1, 0.15) is 24.9 Å². The van der Waals surface area contributed by atoms with Crippen LogP contribution in [-0.4, -0.2) is 56.2 Å². The van der Waals surface area contributed by atoms with Crippen LogP contribution in [0.25, 0.3) is 11.2 Å². The smallest absolute Gasteiger partial charge is 0.338 e. The Bertz CT molecular complexity index is 1270. The summed E-state index contributed by atoms with van der Waals surface area (Å²) < 4.78 is 25.4. The van der Waals surface area contributed by atoms with E-state index in [1.165, 1.54) is 12.7 Å². The number of rotatable bonds is 4. The lowest BCUT2D eigenvalue weighted by Gasteiger charge is -2.24. The van der Waals surface area contributed by atoms with Crippen LogP contribution in [0.1, 0.15) is 36.0 Å². The molecule has 0 unspecified atom stereocenters. The molecule has 2 aliphatic rings. The summed E-state index contributed by atoms with van der Waals surface area (Å²) in [7, 11) is 0. The van der Waals surface area contributed by atoms with E-state index < -0.39 is 36.3 Å². The van der Waals surface area contributed by atoms with Crippen molar-refractivity contribution in [3.05, 3.63) is 58.4 Å². The van der Waals surface area contributed by atoms with Crippen molar-refractivity contribution < 1.29 is 23.7 Å². The van der Waals surface area contributed by atoms with Crippen molar-refractivity contribution in [2.75, 3.05) is 6.61 Å². The average Bonchev–Trinajstić information content (AvgIpc) is 3.43. The number of aromatic nitrogens is 4. The van der Waals surface area contributed by atoms with Gasteiger partial charge in [-0.2, -0.15) is 0 Å². The molecule has 0 amide bonds. The third kappa shape index (κ3) is 3.46. The van der Waals surface area contributed by atoms with E-state index in [1.54, 1.807) is 42.7 Å². The molecule has 0 spiro atoms. The highest BCUT2D eigenvalue weighted by molar-refractivity contribution is 5.89. The van der Waals surface area contributed by atoms with Crippen molar-refractivity contribution in [2.24, 2.45) is 0 Å². The molecule has 5 rings (SSSR count). The summed E-state index contributed by atoms with van der Waals surface area (Å²) in [6, 6.07) is 6.56. The molecule has 2 aromatic heterocycles. The maximum Gasteiger partial charge on any atom is 0.338 e. The Morgan fingerprint density at radius 3 is 2.75 bits per heavy atom. The number of ether oxygens (including phenoxy) is 4. The van der Waals surface area contributed by atoms with Gasteiger partial charge in [0.15, 0.2) is 23.2 Å². The highest BCUT2D eigenvalue weighted by atomic mass is 16.8. The number of terminal acetylenes is 1. The van der Waals surface area contributed by atoms with Crippen molar-refractivity contribution in [3.8, 4) is 12.3 Å². The average molecular weight is 436 g/mol. The number of fused-ring (bicyclic) bond motifs is 2. The van der Waals surface area contributed by atoms with E-state index in [0.717, 1.165) is 0 Å². The summed E-state index contributed by atoms with van der Waals surface area (Å²) in [4.78, 5) is 35.4. The number of hydrogen-bond acceptors (Lipinski definition) is 8. The van der Waals surface area contributed by atoms with Gasteiger partial charge in [-0.3, -0.25) is 9.36 Å². The number of hydrogen-bond donors (Lipinski definition) is 1. The minimum atomic E-state index is -0.855. The zero-order valence-electron chi connectivity index (χ0n) is 17.3. The van der Waals surface area contributed by atoms with Gasteiger partial charge >= 0.3 is 5.97 Å². The SMILES string of the molecule is C#Cc1ccc(C(=O)OC[C@H]2O[C@@H](n3cnc4c(=O)[nH]cnc43)[C@@H]3OC(C)(C)O[C@@H]32)cc1. The van der Waals surface area contributed by atoms with Gasteiger partial charge in [-0.25, -0.2) is 14.8 Å². The number of H-pyrrole nitrogens is 1. The van der Waals surface area contributed by atoms with Crippen molar-refractivity contribution >= 4 is 17.1 Å². The third-order valence-corrected chi connectivity index (χ3v) is 5.43. The molecule has 2 saturated heterocycles. The molecule has 1 aromatic carbocycles. The molecule has 0 radical (unpaired) electrons. The predicted octanol–water partition coefficient (Wildman–Crippen LogP) is 1.38. The van der Waals surface area contributed by atoms with Crippen LogP contribution in [0, 0.1) is 12.3 Å². The highest BCUT2D eigenvalue weighted by Gasteiger charge is 2.56. The van der Waals surface area contributed by atoms with Crippen LogP contribution in [0.4, 0.5) is 0 Å². The quantitative estimate of drug-likeness (QED) is 0.481. The Kier molecular flexibility index (Phi) is 4.82. The number of benzene rings is 1. The Balaban J connectivity index is 1.37. The first kappa shape index (κ1) is 20.4. The summed E-state index contributed by atoms with van der Waals surface area (Å²) >= 11 is 0. The van der Waals surface area contributed by atoms with Crippen molar-refractivity contribution in [2.45, 2.75) is 44.2 Å². The van der Waals surface area contributed by atoms with Crippen LogP contribution in [0.5, 0.6) is 0 Å². The summed E-state index contributed by atoms with van der Waals surface area (Å²) in [5.74, 6) is 1.14. The second-order valence-corrected chi connectivity index (χ2v) is 8.01. The molecule has 10 nitrogen and oxygen atoms in total. The maximum atomic E-state index is 12.5. The molecular formula is C22H20N4O6. The summed E-state index contributed by atoms with van der Waals surface area (Å²) in [6.45, 7) is 3.55. The van der Waals surface area contributed by atoms with E-state index in [9.17, 15) is 9.59 Å². The van der Waals surface area contributed by atoms with E-state index in [-0.39, 0.29) is 17.7 Å². The molecule has 3 aromatic rings. The van der Waals surface area contributed by atoms with Gasteiger partial charge in [0, 0.05) is 5.56 Å². The van der Waals surface area contributed by atoms with Gasteiger partial charge < -0.3 is 23.9 Å². The summed E-state index contributed by atoms with van der Waals surface area (Å²) in [5.41, 5.74) is 1.25. The Morgan fingerprint density at radius 2 is 2.00 bits per heavy atom. The van der Waals surface area contributed by atoms with Crippen LogP contribution in [0.3, 0.4) is 0 Å². The largest absolute Gasteiger partial charge is 0.459 e. The number of nitrogens with one attached hydrogen (secondary N) is 1. The molecule has 2 fully saturated rings. The third-order valence-electron chi connectivity index (χ3n) is 5.43. The molecule has 1 N–H and O–H groups in total. The zero-order chi connectivity index (χ0) is 22.5. The van der Waals surface area contributed by atoms with E-state index in [2.05, 4.69) is 20.9 Å². The van der Waals surface area contributed by atoms with Crippen LogP contribution in [0.2, 0.25) is 0 Å². The lowest BCUT2D eigenvalue weighted by atomic mass is 10.1. The molecule has 4 heterocycles. The normalized spacial score (nSPS) is 26.0. The lowest BCUT2D eigenvalue weighted by molar-refractivity contribution is -0.199. The first-order chi connectivity index (χ1) is 15.4. The van der Waals surface area contributed by atoms with Crippen molar-refractivity contribution in [1.29, 1.82) is 0 Å². The van der Waals surface area contributed by atoms with Gasteiger partial charge in [-0.1, -0.05) is 5.92 Å². The number of carbonyl (C=O) groups excluding carboxylic acids is 1. The minimum Gasteiger partial charge on any atom is -0.459 e. The Labute approximate surface area is 182 Å². The molecule has 4 atom stereocenters. The van der Waals surface area contributed by atoms with E-state index in [4.69, 9.17) is 25.4 Å². The van der Waals surface area contributed by atoms with Gasteiger partial charge in [0.25, 0.3) is 5.56 Å².